The van der Waals surface area contributed by atoms with Crippen LogP contribution in [0.3, 0.4) is 0 Å². The van der Waals surface area contributed by atoms with Crippen LogP contribution in [0, 0.1) is 0 Å². The fourth-order valence-corrected chi connectivity index (χ4v) is 1.33. The van der Waals surface area contributed by atoms with E-state index in [0.29, 0.717) is 39.6 Å². The van der Waals surface area contributed by atoms with Gasteiger partial charge in [0.15, 0.2) is 0 Å². The topological polar surface area (TPSA) is 57.2 Å². The third-order valence-corrected chi connectivity index (χ3v) is 2.34. The Kier molecular flexibility index (Phi) is 14.7. The van der Waals surface area contributed by atoms with E-state index in [1.165, 1.54) is 0 Å². The minimum absolute atomic E-state index is 0.202. The predicted molar refractivity (Wildman–Crippen MR) is 69.9 cm³/mol. The van der Waals surface area contributed by atoms with E-state index >= 15 is 0 Å². The van der Waals surface area contributed by atoms with Crippen LogP contribution in [0.2, 0.25) is 0 Å². The number of ether oxygens (including phenoxy) is 4. The Hall–Kier alpha value is -0.200. The van der Waals surface area contributed by atoms with Crippen LogP contribution in [-0.2, 0) is 18.9 Å². The normalized spacial score (nSPS) is 12.8. The molecular formula is C13H28O5. The molecule has 0 aromatic rings. The molecule has 110 valence electrons. The van der Waals surface area contributed by atoms with E-state index in [2.05, 4.69) is 0 Å². The van der Waals surface area contributed by atoms with Crippen molar-refractivity contribution in [2.45, 2.75) is 32.3 Å². The Bertz CT molecular complexity index is 152. The summed E-state index contributed by atoms with van der Waals surface area (Å²) in [6.45, 7) is 6.18. The maximum absolute atomic E-state index is 9.05. The lowest BCUT2D eigenvalue weighted by Gasteiger charge is -2.07. The second kappa shape index (κ2) is 14.9. The quantitative estimate of drug-likeness (QED) is 0.478. The maximum atomic E-state index is 9.05. The van der Waals surface area contributed by atoms with Crippen LogP contribution in [0.25, 0.3) is 0 Å². The van der Waals surface area contributed by atoms with Gasteiger partial charge in [0.25, 0.3) is 0 Å². The van der Waals surface area contributed by atoms with Crippen LogP contribution in [0.1, 0.15) is 26.2 Å². The zero-order valence-corrected chi connectivity index (χ0v) is 11.7. The minimum atomic E-state index is -0.202. The molecule has 1 atom stereocenters. The first-order chi connectivity index (χ1) is 8.77. The van der Waals surface area contributed by atoms with Gasteiger partial charge in [0, 0.05) is 13.7 Å². The van der Waals surface area contributed by atoms with Crippen molar-refractivity contribution in [3.63, 3.8) is 0 Å². The average Bonchev–Trinajstić information content (AvgIpc) is 2.34. The van der Waals surface area contributed by atoms with Gasteiger partial charge in [-0.1, -0.05) is 0 Å². The predicted octanol–water partition coefficient (Wildman–Crippen LogP) is 1.23. The Morgan fingerprint density at radius 3 is 1.78 bits per heavy atom. The number of aliphatic hydroxyl groups excluding tert-OH is 1. The van der Waals surface area contributed by atoms with Crippen molar-refractivity contribution in [1.82, 2.24) is 0 Å². The molecule has 1 unspecified atom stereocenters. The molecule has 0 radical (unpaired) electrons. The molecule has 0 saturated heterocycles. The zero-order chi connectivity index (χ0) is 13.5. The fourth-order valence-electron chi connectivity index (χ4n) is 1.33. The van der Waals surface area contributed by atoms with Crippen LogP contribution >= 0.6 is 0 Å². The molecule has 0 fully saturated rings. The molecule has 5 nitrogen and oxygen atoms in total. The van der Waals surface area contributed by atoms with Gasteiger partial charge in [-0.2, -0.15) is 0 Å². The highest BCUT2D eigenvalue weighted by atomic mass is 16.6. The summed E-state index contributed by atoms with van der Waals surface area (Å²) in [6.07, 6.45) is 2.64. The molecular weight excluding hydrogens is 236 g/mol. The number of rotatable bonds is 14. The van der Waals surface area contributed by atoms with Gasteiger partial charge in [-0.25, -0.2) is 0 Å². The van der Waals surface area contributed by atoms with Crippen LogP contribution in [0.5, 0.6) is 0 Å². The lowest BCUT2D eigenvalue weighted by atomic mass is 10.2. The molecule has 0 rings (SSSR count). The minimum Gasteiger partial charge on any atom is -0.393 e. The summed E-state index contributed by atoms with van der Waals surface area (Å²) in [5.41, 5.74) is 0. The van der Waals surface area contributed by atoms with Crippen molar-refractivity contribution in [2.75, 3.05) is 53.4 Å². The Labute approximate surface area is 110 Å². The van der Waals surface area contributed by atoms with E-state index < -0.39 is 0 Å². The first-order valence-corrected chi connectivity index (χ1v) is 6.67. The summed E-state index contributed by atoms with van der Waals surface area (Å²) in [5, 5.41) is 9.05. The van der Waals surface area contributed by atoms with Crippen LogP contribution < -0.4 is 0 Å². The average molecular weight is 264 g/mol. The molecule has 18 heavy (non-hydrogen) atoms. The van der Waals surface area contributed by atoms with Gasteiger partial charge in [-0.3, -0.25) is 0 Å². The first-order valence-electron chi connectivity index (χ1n) is 6.67. The van der Waals surface area contributed by atoms with Gasteiger partial charge in [0.2, 0.25) is 0 Å². The number of methoxy groups -OCH3 is 1. The standard InChI is InChI=1S/C13H28O5/c1-13(14)5-3-4-6-16-9-10-18-12-11-17-8-7-15-2/h13-14H,3-12H2,1-2H3. The van der Waals surface area contributed by atoms with Gasteiger partial charge in [0.1, 0.15) is 0 Å². The molecule has 0 heterocycles. The van der Waals surface area contributed by atoms with Crippen molar-refractivity contribution in [3.8, 4) is 0 Å². The van der Waals surface area contributed by atoms with Crippen LogP contribution in [-0.4, -0.2) is 64.6 Å². The third-order valence-electron chi connectivity index (χ3n) is 2.34. The molecule has 0 amide bonds. The van der Waals surface area contributed by atoms with Crippen molar-refractivity contribution >= 4 is 0 Å². The van der Waals surface area contributed by atoms with Crippen molar-refractivity contribution in [2.24, 2.45) is 0 Å². The van der Waals surface area contributed by atoms with E-state index in [-0.39, 0.29) is 6.10 Å². The highest BCUT2D eigenvalue weighted by Gasteiger charge is 1.95. The molecule has 0 aliphatic rings. The summed E-state index contributed by atoms with van der Waals surface area (Å²) in [5.74, 6) is 0. The Morgan fingerprint density at radius 1 is 0.778 bits per heavy atom. The van der Waals surface area contributed by atoms with E-state index in [0.717, 1.165) is 25.9 Å². The maximum Gasteiger partial charge on any atom is 0.0701 e. The molecule has 0 bridgehead atoms. The fraction of sp³-hybridized carbons (Fsp3) is 1.00. The highest BCUT2D eigenvalue weighted by Crippen LogP contribution is 1.99. The highest BCUT2D eigenvalue weighted by molar-refractivity contribution is 4.47. The van der Waals surface area contributed by atoms with Gasteiger partial charge in [-0.05, 0) is 26.2 Å². The van der Waals surface area contributed by atoms with Crippen LogP contribution in [0.15, 0.2) is 0 Å². The summed E-state index contributed by atoms with van der Waals surface area (Å²) < 4.78 is 20.8. The summed E-state index contributed by atoms with van der Waals surface area (Å²) in [6, 6.07) is 0. The summed E-state index contributed by atoms with van der Waals surface area (Å²) in [7, 11) is 1.65. The SMILES string of the molecule is COCCOCCOCCOCCCCC(C)O. The summed E-state index contributed by atoms with van der Waals surface area (Å²) >= 11 is 0. The largest absolute Gasteiger partial charge is 0.393 e. The molecule has 0 aliphatic carbocycles. The van der Waals surface area contributed by atoms with E-state index in [4.69, 9.17) is 24.1 Å². The van der Waals surface area contributed by atoms with Crippen molar-refractivity contribution < 1.29 is 24.1 Å². The van der Waals surface area contributed by atoms with Gasteiger partial charge in [-0.15, -0.1) is 0 Å². The zero-order valence-electron chi connectivity index (χ0n) is 11.7. The molecule has 0 aromatic heterocycles. The number of hydrogen-bond acceptors (Lipinski definition) is 5. The molecule has 1 N–H and O–H groups in total. The molecule has 0 aromatic carbocycles. The number of hydrogen-bond donors (Lipinski definition) is 1. The molecule has 5 heteroatoms. The lowest BCUT2D eigenvalue weighted by molar-refractivity contribution is 0.00304. The van der Waals surface area contributed by atoms with Gasteiger partial charge in [0.05, 0.1) is 45.7 Å². The second-order valence-corrected chi connectivity index (χ2v) is 4.17. The van der Waals surface area contributed by atoms with Crippen LogP contribution in [0.4, 0.5) is 0 Å². The monoisotopic (exact) mass is 264 g/mol. The molecule has 0 aliphatic heterocycles. The van der Waals surface area contributed by atoms with E-state index in [1.54, 1.807) is 7.11 Å². The lowest BCUT2D eigenvalue weighted by Crippen LogP contribution is -2.11. The Balaban J connectivity index is 2.90. The van der Waals surface area contributed by atoms with Crippen molar-refractivity contribution in [1.29, 1.82) is 0 Å². The second-order valence-electron chi connectivity index (χ2n) is 4.17. The molecule has 0 saturated carbocycles. The van der Waals surface area contributed by atoms with E-state index in [9.17, 15) is 0 Å². The smallest absolute Gasteiger partial charge is 0.0701 e. The number of aliphatic hydroxyl groups is 1. The number of unbranched alkanes of at least 4 members (excludes halogenated alkanes) is 1. The Morgan fingerprint density at radius 2 is 1.28 bits per heavy atom. The first kappa shape index (κ1) is 17.8. The van der Waals surface area contributed by atoms with E-state index in [1.807, 2.05) is 6.92 Å². The summed E-state index contributed by atoms with van der Waals surface area (Å²) in [4.78, 5) is 0. The van der Waals surface area contributed by atoms with Crippen molar-refractivity contribution in [3.05, 3.63) is 0 Å². The van der Waals surface area contributed by atoms with Gasteiger partial charge >= 0.3 is 0 Å². The molecule has 0 spiro atoms. The van der Waals surface area contributed by atoms with Gasteiger partial charge < -0.3 is 24.1 Å². The third kappa shape index (κ3) is 15.8.